The number of rotatable bonds is 6. The average Bonchev–Trinajstić information content (AvgIpc) is 2.59. The Hall–Kier alpha value is -0.920. The second-order valence-corrected chi connectivity index (χ2v) is 5.66. The fraction of sp³-hybridized carbons (Fsp3) is 0.700. The Morgan fingerprint density at radius 1 is 1.59 bits per heavy atom. The Balaban J connectivity index is 2.75. The number of nitrogens with one attached hydrogen (secondary N) is 1. The fourth-order valence-electron chi connectivity index (χ4n) is 1.40. The van der Waals surface area contributed by atoms with Crippen LogP contribution in [0.15, 0.2) is 11.2 Å². The first-order valence-electron chi connectivity index (χ1n) is 5.58. The van der Waals surface area contributed by atoms with Gasteiger partial charge in [0.1, 0.15) is 5.82 Å². The lowest BCUT2D eigenvalue weighted by atomic mass is 10.3. The summed E-state index contributed by atoms with van der Waals surface area (Å²) >= 11 is 0. The smallest absolute Gasteiger partial charge is 0.259 e. The highest BCUT2D eigenvalue weighted by atomic mass is 32.2. The molecule has 1 aromatic heterocycles. The van der Waals surface area contributed by atoms with Crippen molar-refractivity contribution in [3.05, 3.63) is 12.0 Å². The average molecular weight is 261 g/mol. The Kier molecular flexibility index (Phi) is 4.67. The standard InChI is InChI=1S/C10H19N3O3S/c1-4-13-7-10(12-9(13)3)17(15,16)11-6-5-8(2)14/h7-8,11,14H,4-6H2,1-3H3. The van der Waals surface area contributed by atoms with Gasteiger partial charge < -0.3 is 9.67 Å². The third kappa shape index (κ3) is 3.79. The highest BCUT2D eigenvalue weighted by Gasteiger charge is 2.18. The Bertz CT molecular complexity index is 465. The molecule has 0 fully saturated rings. The summed E-state index contributed by atoms with van der Waals surface area (Å²) in [5, 5.41) is 9.08. The molecule has 1 rings (SSSR count). The second-order valence-electron chi connectivity index (χ2n) is 3.95. The third-order valence-corrected chi connectivity index (χ3v) is 3.76. The van der Waals surface area contributed by atoms with Crippen molar-refractivity contribution in [1.82, 2.24) is 14.3 Å². The minimum Gasteiger partial charge on any atom is -0.393 e. The van der Waals surface area contributed by atoms with E-state index in [0.29, 0.717) is 18.8 Å². The van der Waals surface area contributed by atoms with Gasteiger partial charge in [0.2, 0.25) is 0 Å². The highest BCUT2D eigenvalue weighted by Crippen LogP contribution is 2.08. The molecule has 0 aliphatic rings. The van der Waals surface area contributed by atoms with Crippen molar-refractivity contribution in [2.24, 2.45) is 0 Å². The summed E-state index contributed by atoms with van der Waals surface area (Å²) in [5.74, 6) is 0.670. The van der Waals surface area contributed by atoms with Crippen LogP contribution in [0.25, 0.3) is 0 Å². The number of aryl methyl sites for hydroxylation is 2. The van der Waals surface area contributed by atoms with Crippen LogP contribution < -0.4 is 4.72 Å². The van der Waals surface area contributed by atoms with Gasteiger partial charge in [-0.15, -0.1) is 0 Å². The summed E-state index contributed by atoms with van der Waals surface area (Å²) < 4.78 is 27.8. The summed E-state index contributed by atoms with van der Waals surface area (Å²) in [4.78, 5) is 4.00. The lowest BCUT2D eigenvalue weighted by Crippen LogP contribution is -2.27. The molecule has 98 valence electrons. The van der Waals surface area contributed by atoms with E-state index in [9.17, 15) is 8.42 Å². The molecule has 2 N–H and O–H groups in total. The van der Waals surface area contributed by atoms with Crippen LogP contribution in [0.5, 0.6) is 0 Å². The van der Waals surface area contributed by atoms with Crippen LogP contribution in [0.3, 0.4) is 0 Å². The Labute approximate surface area is 102 Å². The number of aliphatic hydroxyl groups excluding tert-OH is 1. The van der Waals surface area contributed by atoms with Crippen molar-refractivity contribution in [2.75, 3.05) is 6.54 Å². The number of hydrogen-bond donors (Lipinski definition) is 2. The SMILES string of the molecule is CCn1cc(S(=O)(=O)NCCC(C)O)nc1C. The van der Waals surface area contributed by atoms with E-state index in [2.05, 4.69) is 9.71 Å². The molecule has 0 amide bonds. The van der Waals surface area contributed by atoms with Crippen molar-refractivity contribution in [2.45, 2.75) is 44.9 Å². The third-order valence-electron chi connectivity index (χ3n) is 2.42. The van der Waals surface area contributed by atoms with Crippen LogP contribution in [-0.4, -0.2) is 35.7 Å². The van der Waals surface area contributed by atoms with E-state index >= 15 is 0 Å². The monoisotopic (exact) mass is 261 g/mol. The molecular formula is C10H19N3O3S. The molecule has 1 atom stereocenters. The van der Waals surface area contributed by atoms with E-state index in [4.69, 9.17) is 5.11 Å². The van der Waals surface area contributed by atoms with Gasteiger partial charge in [0.05, 0.1) is 6.10 Å². The molecule has 1 aromatic rings. The van der Waals surface area contributed by atoms with Gasteiger partial charge in [-0.1, -0.05) is 0 Å². The number of aliphatic hydroxyl groups is 1. The zero-order valence-corrected chi connectivity index (χ0v) is 11.2. The molecular weight excluding hydrogens is 242 g/mol. The van der Waals surface area contributed by atoms with Crippen LogP contribution in [-0.2, 0) is 16.6 Å². The summed E-state index contributed by atoms with van der Waals surface area (Å²) in [6.07, 6.45) is 1.37. The predicted octanol–water partition coefficient (Wildman–Crippen LogP) is 0.261. The fourth-order valence-corrected chi connectivity index (χ4v) is 2.46. The minimum atomic E-state index is -3.56. The minimum absolute atomic E-state index is 0.0300. The van der Waals surface area contributed by atoms with Gasteiger partial charge in [0.25, 0.3) is 10.0 Å². The second kappa shape index (κ2) is 5.61. The van der Waals surface area contributed by atoms with E-state index in [1.165, 1.54) is 6.20 Å². The zero-order valence-electron chi connectivity index (χ0n) is 10.3. The van der Waals surface area contributed by atoms with Crippen LogP contribution in [0, 0.1) is 6.92 Å². The van der Waals surface area contributed by atoms with Crippen molar-refractivity contribution >= 4 is 10.0 Å². The molecule has 1 heterocycles. The van der Waals surface area contributed by atoms with Gasteiger partial charge in [-0.05, 0) is 27.2 Å². The summed E-state index contributed by atoms with van der Waals surface area (Å²) in [6, 6.07) is 0. The highest BCUT2D eigenvalue weighted by molar-refractivity contribution is 7.89. The molecule has 0 aromatic carbocycles. The molecule has 7 heteroatoms. The maximum Gasteiger partial charge on any atom is 0.259 e. The Morgan fingerprint density at radius 3 is 2.71 bits per heavy atom. The number of hydrogen-bond acceptors (Lipinski definition) is 4. The summed E-state index contributed by atoms with van der Waals surface area (Å²) in [7, 11) is -3.56. The van der Waals surface area contributed by atoms with E-state index in [-0.39, 0.29) is 11.6 Å². The van der Waals surface area contributed by atoms with Crippen LogP contribution in [0.2, 0.25) is 0 Å². The quantitative estimate of drug-likeness (QED) is 0.769. The molecule has 6 nitrogen and oxygen atoms in total. The lowest BCUT2D eigenvalue weighted by Gasteiger charge is -2.05. The zero-order chi connectivity index (χ0) is 13.1. The van der Waals surface area contributed by atoms with Gasteiger partial charge in [0, 0.05) is 19.3 Å². The van der Waals surface area contributed by atoms with Crippen LogP contribution in [0.4, 0.5) is 0 Å². The van der Waals surface area contributed by atoms with E-state index in [1.807, 2.05) is 6.92 Å². The normalized spacial score (nSPS) is 13.9. The van der Waals surface area contributed by atoms with Crippen molar-refractivity contribution in [1.29, 1.82) is 0 Å². The number of imidazole rings is 1. The molecule has 0 aliphatic carbocycles. The largest absolute Gasteiger partial charge is 0.393 e. The van der Waals surface area contributed by atoms with Gasteiger partial charge in [-0.3, -0.25) is 0 Å². The molecule has 0 spiro atoms. The van der Waals surface area contributed by atoms with Gasteiger partial charge in [0.15, 0.2) is 5.03 Å². The Morgan fingerprint density at radius 2 is 2.24 bits per heavy atom. The maximum absolute atomic E-state index is 11.8. The molecule has 0 saturated heterocycles. The molecule has 1 unspecified atom stereocenters. The van der Waals surface area contributed by atoms with Crippen LogP contribution >= 0.6 is 0 Å². The molecule has 0 bridgehead atoms. The number of nitrogens with zero attached hydrogens (tertiary/aromatic N) is 2. The van der Waals surface area contributed by atoms with E-state index < -0.39 is 16.1 Å². The van der Waals surface area contributed by atoms with Gasteiger partial charge in [-0.25, -0.2) is 18.1 Å². The van der Waals surface area contributed by atoms with Crippen molar-refractivity contribution < 1.29 is 13.5 Å². The molecule has 0 radical (unpaired) electrons. The maximum atomic E-state index is 11.8. The summed E-state index contributed by atoms with van der Waals surface area (Å²) in [6.45, 7) is 6.19. The van der Waals surface area contributed by atoms with E-state index in [0.717, 1.165) is 0 Å². The van der Waals surface area contributed by atoms with Crippen molar-refractivity contribution in [3.8, 4) is 0 Å². The number of aromatic nitrogens is 2. The van der Waals surface area contributed by atoms with Gasteiger partial charge >= 0.3 is 0 Å². The molecule has 17 heavy (non-hydrogen) atoms. The number of sulfonamides is 1. The lowest BCUT2D eigenvalue weighted by molar-refractivity contribution is 0.186. The molecule has 0 saturated carbocycles. The first-order valence-corrected chi connectivity index (χ1v) is 7.06. The van der Waals surface area contributed by atoms with E-state index in [1.54, 1.807) is 18.4 Å². The summed E-state index contributed by atoms with van der Waals surface area (Å²) in [5.41, 5.74) is 0. The first-order chi connectivity index (χ1) is 7.86. The van der Waals surface area contributed by atoms with Crippen LogP contribution in [0.1, 0.15) is 26.1 Å². The topological polar surface area (TPSA) is 84.2 Å². The first kappa shape index (κ1) is 14.1. The predicted molar refractivity (Wildman–Crippen MR) is 64.1 cm³/mol. The molecule has 0 aliphatic heterocycles. The van der Waals surface area contributed by atoms with Crippen molar-refractivity contribution in [3.63, 3.8) is 0 Å². The van der Waals surface area contributed by atoms with Gasteiger partial charge in [-0.2, -0.15) is 0 Å².